The average Bonchev–Trinajstić information content (AvgIpc) is 2.53. The van der Waals surface area contributed by atoms with E-state index in [-0.39, 0.29) is 5.57 Å². The van der Waals surface area contributed by atoms with Crippen LogP contribution in [-0.2, 0) is 14.3 Å². The number of nitrogens with two attached hydrogens (primary N) is 2. The van der Waals surface area contributed by atoms with Crippen LogP contribution >= 0.6 is 15.9 Å². The van der Waals surface area contributed by atoms with Crippen LogP contribution < -0.4 is 22.1 Å². The number of hydrogen-bond acceptors (Lipinski definition) is 6. The monoisotopic (exact) mass is 438 g/mol. The zero-order valence-electron chi connectivity index (χ0n) is 15.3. The van der Waals surface area contributed by atoms with Gasteiger partial charge in [-0.25, -0.2) is 4.79 Å². The molecule has 146 valence electrons. The Morgan fingerprint density at radius 1 is 1.15 bits per heavy atom. The maximum absolute atomic E-state index is 12.2. The summed E-state index contributed by atoms with van der Waals surface area (Å²) in [6, 6.07) is 4.87. The molecular formula is C18H23BrN4O4. The van der Waals surface area contributed by atoms with Crippen molar-refractivity contribution in [2.45, 2.75) is 32.8 Å². The summed E-state index contributed by atoms with van der Waals surface area (Å²) >= 11 is 3.30. The number of anilines is 2. The minimum absolute atomic E-state index is 0.119. The third-order valence-corrected chi connectivity index (χ3v) is 3.48. The molecule has 0 aliphatic heterocycles. The van der Waals surface area contributed by atoms with Gasteiger partial charge in [-0.15, -0.1) is 0 Å². The largest absolute Gasteiger partial charge is 0.444 e. The van der Waals surface area contributed by atoms with Gasteiger partial charge in [-0.3, -0.25) is 14.9 Å². The van der Waals surface area contributed by atoms with Gasteiger partial charge < -0.3 is 21.5 Å². The van der Waals surface area contributed by atoms with E-state index in [1.54, 1.807) is 39.0 Å². The number of rotatable bonds is 6. The number of Topliss-reactive ketones (excluding diaryl/α,β-unsaturated/α-hetero) is 1. The second-order valence-corrected chi connectivity index (χ2v) is 7.36. The van der Waals surface area contributed by atoms with Crippen LogP contribution in [0.25, 0.3) is 0 Å². The fourth-order valence-electron chi connectivity index (χ4n) is 1.93. The van der Waals surface area contributed by atoms with E-state index in [0.717, 1.165) is 12.4 Å². The fraction of sp³-hybridized carbons (Fsp3) is 0.278. The highest BCUT2D eigenvalue weighted by molar-refractivity contribution is 9.10. The number of nitrogens with one attached hydrogen (secondary N) is 2. The first-order valence-corrected chi connectivity index (χ1v) is 8.78. The lowest BCUT2D eigenvalue weighted by Crippen LogP contribution is -2.27. The van der Waals surface area contributed by atoms with E-state index >= 15 is 0 Å². The standard InChI is InChI=1S/C18H23BrN4O4/c1-18(2,3)27-17(26)23-13-5-4-12(19)8-14(13)22-16(25)9-15(24)11(10-21)6-7-20/h4-8,10H,9,20-21H2,1-3H3,(H,22,25)(H,23,26)/b7-6-,11-10+. The molecule has 1 aromatic rings. The van der Waals surface area contributed by atoms with E-state index in [1.165, 1.54) is 6.08 Å². The molecule has 0 bridgehead atoms. The molecule has 8 nitrogen and oxygen atoms in total. The zero-order valence-corrected chi connectivity index (χ0v) is 16.9. The predicted molar refractivity (Wildman–Crippen MR) is 108 cm³/mol. The van der Waals surface area contributed by atoms with Crippen LogP contribution in [0.5, 0.6) is 0 Å². The van der Waals surface area contributed by atoms with Gasteiger partial charge in [0.15, 0.2) is 5.78 Å². The third-order valence-electron chi connectivity index (χ3n) is 2.99. The molecule has 0 unspecified atom stereocenters. The average molecular weight is 439 g/mol. The first kappa shape index (κ1) is 22.2. The lowest BCUT2D eigenvalue weighted by molar-refractivity contribution is -0.123. The number of ketones is 1. The smallest absolute Gasteiger partial charge is 0.412 e. The summed E-state index contributed by atoms with van der Waals surface area (Å²) in [7, 11) is 0. The Hall–Kier alpha value is -2.81. The topological polar surface area (TPSA) is 137 Å². The Balaban J connectivity index is 2.90. The molecule has 6 N–H and O–H groups in total. The number of ether oxygens (including phenoxy) is 1. The van der Waals surface area contributed by atoms with Crippen LogP contribution in [0.2, 0.25) is 0 Å². The van der Waals surface area contributed by atoms with Crippen molar-refractivity contribution in [3.05, 3.63) is 46.7 Å². The molecule has 0 saturated carbocycles. The molecule has 0 saturated heterocycles. The second kappa shape index (κ2) is 9.77. The number of halogens is 1. The van der Waals surface area contributed by atoms with Crippen molar-refractivity contribution in [3.63, 3.8) is 0 Å². The molecule has 2 amide bonds. The van der Waals surface area contributed by atoms with E-state index in [9.17, 15) is 14.4 Å². The van der Waals surface area contributed by atoms with Gasteiger partial charge in [-0.05, 0) is 51.2 Å². The minimum atomic E-state index is -0.670. The molecule has 0 spiro atoms. The molecule has 0 aliphatic rings. The van der Waals surface area contributed by atoms with Crippen molar-refractivity contribution in [3.8, 4) is 0 Å². The van der Waals surface area contributed by atoms with Gasteiger partial charge in [-0.1, -0.05) is 15.9 Å². The highest BCUT2D eigenvalue weighted by Crippen LogP contribution is 2.27. The molecule has 0 aromatic heterocycles. The van der Waals surface area contributed by atoms with Gasteiger partial charge >= 0.3 is 6.09 Å². The minimum Gasteiger partial charge on any atom is -0.444 e. The van der Waals surface area contributed by atoms with Crippen molar-refractivity contribution >= 4 is 45.1 Å². The number of amides is 2. The maximum Gasteiger partial charge on any atom is 0.412 e. The van der Waals surface area contributed by atoms with E-state index in [1.807, 2.05) is 0 Å². The Morgan fingerprint density at radius 3 is 2.37 bits per heavy atom. The van der Waals surface area contributed by atoms with Gasteiger partial charge in [0.2, 0.25) is 5.91 Å². The van der Waals surface area contributed by atoms with E-state index < -0.39 is 29.8 Å². The van der Waals surface area contributed by atoms with Crippen LogP contribution in [0.1, 0.15) is 27.2 Å². The second-order valence-electron chi connectivity index (χ2n) is 6.45. The van der Waals surface area contributed by atoms with Crippen molar-refractivity contribution in [2.24, 2.45) is 11.5 Å². The summed E-state index contributed by atoms with van der Waals surface area (Å²) in [4.78, 5) is 36.2. The maximum atomic E-state index is 12.2. The predicted octanol–water partition coefficient (Wildman–Crippen LogP) is 3.01. The van der Waals surface area contributed by atoms with Gasteiger partial charge in [0.1, 0.15) is 5.60 Å². The molecule has 0 fully saturated rings. The van der Waals surface area contributed by atoms with Gasteiger partial charge in [0, 0.05) is 16.2 Å². The quantitative estimate of drug-likeness (QED) is 0.306. The van der Waals surface area contributed by atoms with Crippen LogP contribution in [-0.4, -0.2) is 23.4 Å². The fourth-order valence-corrected chi connectivity index (χ4v) is 2.29. The lowest BCUT2D eigenvalue weighted by Gasteiger charge is -2.20. The highest BCUT2D eigenvalue weighted by Gasteiger charge is 2.19. The van der Waals surface area contributed by atoms with Crippen LogP contribution in [0.4, 0.5) is 16.2 Å². The summed E-state index contributed by atoms with van der Waals surface area (Å²) in [6.45, 7) is 5.21. The number of allylic oxidation sites excluding steroid dienone is 2. The molecule has 9 heteroatoms. The summed E-state index contributed by atoms with van der Waals surface area (Å²) in [5, 5.41) is 5.15. The molecule has 0 atom stereocenters. The van der Waals surface area contributed by atoms with Crippen molar-refractivity contribution in [2.75, 3.05) is 10.6 Å². The zero-order chi connectivity index (χ0) is 20.6. The highest BCUT2D eigenvalue weighted by atomic mass is 79.9. The van der Waals surface area contributed by atoms with E-state index in [0.29, 0.717) is 15.8 Å². The Bertz CT molecular complexity index is 782. The first-order valence-electron chi connectivity index (χ1n) is 7.98. The molecule has 0 radical (unpaired) electrons. The summed E-state index contributed by atoms with van der Waals surface area (Å²) in [5.41, 5.74) is 10.7. The number of carbonyl (C=O) groups excluding carboxylic acids is 3. The van der Waals surface area contributed by atoms with Crippen LogP contribution in [0, 0.1) is 0 Å². The van der Waals surface area contributed by atoms with E-state index in [2.05, 4.69) is 26.6 Å². The van der Waals surface area contributed by atoms with Crippen LogP contribution in [0.15, 0.2) is 46.7 Å². The van der Waals surface area contributed by atoms with Crippen LogP contribution in [0.3, 0.4) is 0 Å². The van der Waals surface area contributed by atoms with Crippen molar-refractivity contribution < 1.29 is 19.1 Å². The van der Waals surface area contributed by atoms with Crippen molar-refractivity contribution in [1.29, 1.82) is 0 Å². The van der Waals surface area contributed by atoms with Gasteiger partial charge in [0.05, 0.1) is 17.8 Å². The molecule has 0 heterocycles. The third kappa shape index (κ3) is 7.95. The normalized spacial score (nSPS) is 11.9. The van der Waals surface area contributed by atoms with Crippen molar-refractivity contribution in [1.82, 2.24) is 0 Å². The lowest BCUT2D eigenvalue weighted by atomic mass is 10.1. The number of hydrogen-bond donors (Lipinski definition) is 4. The summed E-state index contributed by atoms with van der Waals surface area (Å²) < 4.78 is 5.87. The first-order chi connectivity index (χ1) is 12.6. The summed E-state index contributed by atoms with van der Waals surface area (Å²) in [5.74, 6) is -1.07. The van der Waals surface area contributed by atoms with E-state index in [4.69, 9.17) is 16.2 Å². The molecule has 27 heavy (non-hydrogen) atoms. The molecule has 0 aliphatic carbocycles. The Morgan fingerprint density at radius 2 is 1.81 bits per heavy atom. The Kier molecular flexibility index (Phi) is 8.04. The molecule has 1 rings (SSSR count). The summed E-state index contributed by atoms with van der Waals surface area (Å²) in [6.07, 6.45) is 2.44. The molecular weight excluding hydrogens is 416 g/mol. The Labute approximate surface area is 166 Å². The van der Waals surface area contributed by atoms with Gasteiger partial charge in [-0.2, -0.15) is 0 Å². The number of carbonyl (C=O) groups is 3. The SMILES string of the molecule is CC(C)(C)OC(=O)Nc1ccc(Br)cc1NC(=O)CC(=O)C(/C=C\N)=C/N. The van der Waals surface area contributed by atoms with Gasteiger partial charge in [0.25, 0.3) is 0 Å². The number of benzene rings is 1. The molecule has 1 aromatic carbocycles.